The number of carbonyl (C=O) groups excluding carboxylic acids is 1. The Morgan fingerprint density at radius 3 is 2.56 bits per heavy atom. The van der Waals surface area contributed by atoms with Crippen LogP contribution in [-0.4, -0.2) is 81.7 Å². The molecule has 3 aromatic rings. The molecular weight excluding hydrogens is 494 g/mol. The number of ether oxygens (including phenoxy) is 1. The zero-order chi connectivity index (χ0) is 25.2. The standard InChI is InChI=1S/C23H27ClF2N8O2/c1-14-4-2-6-16-18(14)28-20(19(25)26)34(16)23-30-21(32-8-10-36-11-9-32)29-22(31-23)33-7-3-5-15(13-33)27-17(35)12-24/h2,4,6,15,19H,3,5,7-13H2,1H3,(H,27,35)/t15-/m1/s1. The summed E-state index contributed by atoms with van der Waals surface area (Å²) >= 11 is 5.66. The number of aryl methyl sites for hydroxylation is 1. The number of para-hydroxylation sites is 1. The van der Waals surface area contributed by atoms with Gasteiger partial charge < -0.3 is 19.9 Å². The maximum Gasteiger partial charge on any atom is 0.296 e. The summed E-state index contributed by atoms with van der Waals surface area (Å²) in [5.74, 6) is 0.0562. The lowest BCUT2D eigenvalue weighted by Crippen LogP contribution is -2.49. The highest BCUT2D eigenvalue weighted by molar-refractivity contribution is 6.27. The average Bonchev–Trinajstić information content (AvgIpc) is 3.30. The summed E-state index contributed by atoms with van der Waals surface area (Å²) in [6.07, 6.45) is -1.22. The molecule has 5 rings (SSSR count). The van der Waals surface area contributed by atoms with E-state index in [1.165, 1.54) is 4.57 Å². The van der Waals surface area contributed by atoms with Crippen LogP contribution in [0.5, 0.6) is 0 Å². The van der Waals surface area contributed by atoms with Crippen LogP contribution in [-0.2, 0) is 9.53 Å². The molecule has 2 aliphatic rings. The Bertz CT molecular complexity index is 1250. The number of carbonyl (C=O) groups is 1. The van der Waals surface area contributed by atoms with Crippen LogP contribution in [0.25, 0.3) is 17.0 Å². The van der Waals surface area contributed by atoms with Gasteiger partial charge in [0.05, 0.1) is 24.2 Å². The lowest BCUT2D eigenvalue weighted by Gasteiger charge is -2.34. The zero-order valence-electron chi connectivity index (χ0n) is 19.8. The molecule has 2 fully saturated rings. The Kier molecular flexibility index (Phi) is 7.15. The first-order valence-corrected chi connectivity index (χ1v) is 12.4. The van der Waals surface area contributed by atoms with Crippen molar-refractivity contribution in [3.05, 3.63) is 29.6 Å². The summed E-state index contributed by atoms with van der Waals surface area (Å²) in [5.41, 5.74) is 1.76. The van der Waals surface area contributed by atoms with Gasteiger partial charge in [-0.1, -0.05) is 12.1 Å². The van der Waals surface area contributed by atoms with E-state index >= 15 is 0 Å². The van der Waals surface area contributed by atoms with Crippen LogP contribution >= 0.6 is 11.6 Å². The molecule has 2 saturated heterocycles. The summed E-state index contributed by atoms with van der Waals surface area (Å²) in [5, 5.41) is 2.92. The number of benzene rings is 1. The van der Waals surface area contributed by atoms with E-state index in [4.69, 9.17) is 21.3 Å². The normalized spacial score (nSPS) is 18.8. The number of hydrogen-bond acceptors (Lipinski definition) is 8. The molecule has 0 bridgehead atoms. The van der Waals surface area contributed by atoms with E-state index in [1.807, 2.05) is 22.8 Å². The number of amides is 1. The van der Waals surface area contributed by atoms with Crippen LogP contribution in [0, 0.1) is 6.92 Å². The fourth-order valence-electron chi connectivity index (χ4n) is 4.65. The van der Waals surface area contributed by atoms with Crippen molar-refractivity contribution in [2.24, 2.45) is 0 Å². The predicted octanol–water partition coefficient (Wildman–Crippen LogP) is 2.62. The third-order valence-corrected chi connectivity index (χ3v) is 6.64. The lowest BCUT2D eigenvalue weighted by molar-refractivity contribution is -0.119. The number of rotatable bonds is 6. The number of fused-ring (bicyclic) bond motifs is 1. The van der Waals surface area contributed by atoms with Gasteiger partial charge in [-0.3, -0.25) is 9.36 Å². The molecule has 1 atom stereocenters. The number of aromatic nitrogens is 5. The molecular formula is C23H27ClF2N8O2. The minimum atomic E-state index is -2.83. The van der Waals surface area contributed by atoms with Crippen LogP contribution in [0.3, 0.4) is 0 Å². The number of halogens is 3. The molecule has 2 aromatic heterocycles. The number of morpholine rings is 1. The van der Waals surface area contributed by atoms with Crippen LogP contribution in [0.4, 0.5) is 20.7 Å². The minimum Gasteiger partial charge on any atom is -0.378 e. The Balaban J connectivity index is 1.61. The van der Waals surface area contributed by atoms with E-state index in [-0.39, 0.29) is 23.8 Å². The number of nitrogens with zero attached hydrogens (tertiary/aromatic N) is 7. The molecule has 4 heterocycles. The van der Waals surface area contributed by atoms with Crippen molar-refractivity contribution in [2.75, 3.05) is 55.1 Å². The van der Waals surface area contributed by atoms with Crippen LogP contribution in [0.2, 0.25) is 0 Å². The molecule has 0 unspecified atom stereocenters. The number of nitrogens with one attached hydrogen (secondary N) is 1. The average molecular weight is 521 g/mol. The molecule has 1 amide bonds. The second-order valence-corrected chi connectivity index (χ2v) is 9.14. The summed E-state index contributed by atoms with van der Waals surface area (Å²) < 4.78 is 35.1. The molecule has 10 nitrogen and oxygen atoms in total. The monoisotopic (exact) mass is 520 g/mol. The summed E-state index contributed by atoms with van der Waals surface area (Å²) in [7, 11) is 0. The van der Waals surface area contributed by atoms with E-state index in [1.54, 1.807) is 12.1 Å². The molecule has 36 heavy (non-hydrogen) atoms. The third-order valence-electron chi connectivity index (χ3n) is 6.39. The second kappa shape index (κ2) is 10.5. The fraction of sp³-hybridized carbons (Fsp3) is 0.522. The van der Waals surface area contributed by atoms with E-state index in [9.17, 15) is 13.6 Å². The number of alkyl halides is 3. The lowest BCUT2D eigenvalue weighted by atomic mass is 10.1. The van der Waals surface area contributed by atoms with Crippen molar-refractivity contribution < 1.29 is 18.3 Å². The highest BCUT2D eigenvalue weighted by Gasteiger charge is 2.28. The van der Waals surface area contributed by atoms with Crippen LogP contribution in [0.15, 0.2) is 18.2 Å². The Labute approximate surface area is 211 Å². The van der Waals surface area contributed by atoms with Gasteiger partial charge in [-0.2, -0.15) is 15.0 Å². The van der Waals surface area contributed by atoms with Gasteiger partial charge in [0.1, 0.15) is 5.88 Å². The molecule has 1 aromatic carbocycles. The van der Waals surface area contributed by atoms with Gasteiger partial charge in [-0.05, 0) is 31.4 Å². The van der Waals surface area contributed by atoms with Crippen molar-refractivity contribution in [3.63, 3.8) is 0 Å². The molecule has 0 saturated carbocycles. The topological polar surface area (TPSA) is 101 Å². The predicted molar refractivity (Wildman–Crippen MR) is 131 cm³/mol. The minimum absolute atomic E-state index is 0.0804. The van der Waals surface area contributed by atoms with Crippen molar-refractivity contribution in [3.8, 4) is 5.95 Å². The molecule has 0 radical (unpaired) electrons. The molecule has 0 spiro atoms. The van der Waals surface area contributed by atoms with Gasteiger partial charge in [0.25, 0.3) is 6.43 Å². The number of hydrogen-bond donors (Lipinski definition) is 1. The fourth-order valence-corrected chi connectivity index (χ4v) is 4.72. The van der Waals surface area contributed by atoms with Gasteiger partial charge >= 0.3 is 0 Å². The van der Waals surface area contributed by atoms with E-state index in [0.29, 0.717) is 62.3 Å². The maximum atomic E-state index is 14.2. The van der Waals surface area contributed by atoms with Gasteiger partial charge in [0, 0.05) is 32.2 Å². The summed E-state index contributed by atoms with van der Waals surface area (Å²) in [6, 6.07) is 5.24. The Hall–Kier alpha value is -3.12. The third kappa shape index (κ3) is 4.92. The van der Waals surface area contributed by atoms with Crippen molar-refractivity contribution in [1.82, 2.24) is 29.8 Å². The highest BCUT2D eigenvalue weighted by atomic mass is 35.5. The Morgan fingerprint density at radius 1 is 1.11 bits per heavy atom. The smallest absolute Gasteiger partial charge is 0.296 e. The van der Waals surface area contributed by atoms with Crippen LogP contribution in [0.1, 0.15) is 30.7 Å². The summed E-state index contributed by atoms with van der Waals surface area (Å²) in [6.45, 7) is 5.14. The maximum absolute atomic E-state index is 14.2. The van der Waals surface area contributed by atoms with Gasteiger partial charge in [-0.25, -0.2) is 13.8 Å². The quantitative estimate of drug-likeness (QED) is 0.495. The van der Waals surface area contributed by atoms with Gasteiger partial charge in [0.15, 0.2) is 5.82 Å². The molecule has 0 aliphatic carbocycles. The molecule has 192 valence electrons. The molecule has 1 N–H and O–H groups in total. The van der Waals surface area contributed by atoms with Crippen molar-refractivity contribution >= 4 is 40.4 Å². The van der Waals surface area contributed by atoms with Gasteiger partial charge in [-0.15, -0.1) is 11.6 Å². The molecule has 13 heteroatoms. The highest BCUT2D eigenvalue weighted by Crippen LogP contribution is 2.30. The van der Waals surface area contributed by atoms with E-state index in [2.05, 4.69) is 20.3 Å². The first kappa shape index (κ1) is 24.6. The van der Waals surface area contributed by atoms with Crippen molar-refractivity contribution in [1.29, 1.82) is 0 Å². The first-order valence-electron chi connectivity index (χ1n) is 11.9. The molecule has 2 aliphatic heterocycles. The number of imidazole rings is 1. The SMILES string of the molecule is Cc1cccc2c1nc(C(F)F)n2-c1nc(N2CCOCC2)nc(N2CCC[C@@H](NC(=O)CCl)C2)n1. The second-order valence-electron chi connectivity index (χ2n) is 8.87. The number of piperidine rings is 1. The first-order chi connectivity index (χ1) is 17.4. The van der Waals surface area contributed by atoms with Crippen molar-refractivity contribution in [2.45, 2.75) is 32.2 Å². The van der Waals surface area contributed by atoms with E-state index in [0.717, 1.165) is 18.4 Å². The summed E-state index contributed by atoms with van der Waals surface area (Å²) in [4.78, 5) is 34.0. The zero-order valence-corrected chi connectivity index (χ0v) is 20.6. The Morgan fingerprint density at radius 2 is 1.83 bits per heavy atom. The van der Waals surface area contributed by atoms with Gasteiger partial charge in [0.2, 0.25) is 23.8 Å². The number of anilines is 2. The van der Waals surface area contributed by atoms with E-state index < -0.39 is 12.2 Å². The van der Waals surface area contributed by atoms with Crippen LogP contribution < -0.4 is 15.1 Å². The largest absolute Gasteiger partial charge is 0.378 e.